The summed E-state index contributed by atoms with van der Waals surface area (Å²) in [6, 6.07) is 3.50. The van der Waals surface area contributed by atoms with Crippen LogP contribution in [0.4, 0.5) is 8.78 Å². The number of halogens is 2. The summed E-state index contributed by atoms with van der Waals surface area (Å²) in [4.78, 5) is 0. The van der Waals surface area contributed by atoms with Gasteiger partial charge in [-0.15, -0.1) is 0 Å². The molecule has 1 aromatic rings. The van der Waals surface area contributed by atoms with Crippen LogP contribution >= 0.6 is 0 Å². The summed E-state index contributed by atoms with van der Waals surface area (Å²) in [5, 5.41) is 12.4. The van der Waals surface area contributed by atoms with Crippen LogP contribution in [0.3, 0.4) is 0 Å². The maximum atomic E-state index is 13.4. The summed E-state index contributed by atoms with van der Waals surface area (Å²) in [6.45, 7) is 1.31. The van der Waals surface area contributed by atoms with Crippen LogP contribution in [0.15, 0.2) is 18.2 Å². The van der Waals surface area contributed by atoms with Gasteiger partial charge in [0, 0.05) is 18.7 Å². The molecule has 2 N–H and O–H groups in total. The van der Waals surface area contributed by atoms with Gasteiger partial charge in [0.2, 0.25) is 0 Å². The lowest BCUT2D eigenvalue weighted by Gasteiger charge is -2.18. The second-order valence-corrected chi connectivity index (χ2v) is 5.00. The average molecular weight is 255 g/mol. The van der Waals surface area contributed by atoms with Crippen LogP contribution in [0.25, 0.3) is 0 Å². The molecule has 0 aromatic heterocycles. The summed E-state index contributed by atoms with van der Waals surface area (Å²) >= 11 is 0. The van der Waals surface area contributed by atoms with Gasteiger partial charge >= 0.3 is 0 Å². The van der Waals surface area contributed by atoms with E-state index in [9.17, 15) is 13.9 Å². The smallest absolute Gasteiger partial charge is 0.127 e. The van der Waals surface area contributed by atoms with E-state index in [0.717, 1.165) is 37.9 Å². The van der Waals surface area contributed by atoms with Crippen molar-refractivity contribution in [3.8, 4) is 0 Å². The first kappa shape index (κ1) is 13.4. The van der Waals surface area contributed by atoms with Gasteiger partial charge in [-0.3, -0.25) is 0 Å². The van der Waals surface area contributed by atoms with Gasteiger partial charge in [-0.25, -0.2) is 8.78 Å². The molecule has 2 rings (SSSR count). The Labute approximate surface area is 106 Å². The van der Waals surface area contributed by atoms with Gasteiger partial charge in [-0.05, 0) is 49.4 Å². The molecular weight excluding hydrogens is 236 g/mol. The molecule has 1 aliphatic carbocycles. The second kappa shape index (κ2) is 6.25. The SMILES string of the molecule is OCC1CCCC1CNCc1cc(F)ccc1F. The number of aliphatic hydroxyl groups is 1. The Kier molecular flexibility index (Phi) is 4.66. The largest absolute Gasteiger partial charge is 0.396 e. The van der Waals surface area contributed by atoms with Crippen molar-refractivity contribution in [3.63, 3.8) is 0 Å². The van der Waals surface area contributed by atoms with Crippen molar-refractivity contribution in [2.45, 2.75) is 25.8 Å². The first-order valence-electron chi connectivity index (χ1n) is 6.46. The zero-order valence-corrected chi connectivity index (χ0v) is 10.3. The molecule has 1 fully saturated rings. The summed E-state index contributed by atoms with van der Waals surface area (Å²) in [7, 11) is 0. The molecule has 18 heavy (non-hydrogen) atoms. The monoisotopic (exact) mass is 255 g/mol. The minimum absolute atomic E-state index is 0.223. The Morgan fingerprint density at radius 2 is 2.00 bits per heavy atom. The molecule has 0 radical (unpaired) electrons. The molecule has 1 saturated carbocycles. The van der Waals surface area contributed by atoms with Crippen molar-refractivity contribution < 1.29 is 13.9 Å². The van der Waals surface area contributed by atoms with Gasteiger partial charge in [-0.2, -0.15) is 0 Å². The molecular formula is C14H19F2NO. The second-order valence-electron chi connectivity index (χ2n) is 5.00. The highest BCUT2D eigenvalue weighted by molar-refractivity contribution is 5.18. The average Bonchev–Trinajstić information content (AvgIpc) is 2.81. The molecule has 4 heteroatoms. The first-order valence-corrected chi connectivity index (χ1v) is 6.46. The van der Waals surface area contributed by atoms with Crippen LogP contribution in [0.2, 0.25) is 0 Å². The van der Waals surface area contributed by atoms with Crippen LogP contribution in [-0.4, -0.2) is 18.3 Å². The number of aliphatic hydroxyl groups excluding tert-OH is 1. The molecule has 0 bridgehead atoms. The van der Waals surface area contributed by atoms with Gasteiger partial charge in [0.05, 0.1) is 0 Å². The zero-order valence-electron chi connectivity index (χ0n) is 10.3. The fourth-order valence-electron chi connectivity index (χ4n) is 2.69. The van der Waals surface area contributed by atoms with E-state index >= 15 is 0 Å². The molecule has 100 valence electrons. The lowest BCUT2D eigenvalue weighted by molar-refractivity contribution is 0.192. The Morgan fingerprint density at radius 1 is 1.22 bits per heavy atom. The Morgan fingerprint density at radius 3 is 2.78 bits per heavy atom. The molecule has 0 aliphatic heterocycles. The number of hydrogen-bond acceptors (Lipinski definition) is 2. The normalized spacial score (nSPS) is 23.5. The molecule has 1 aromatic carbocycles. The predicted molar refractivity (Wildman–Crippen MR) is 66.0 cm³/mol. The standard InChI is InChI=1S/C14H19F2NO/c15-13-4-5-14(16)12(6-13)8-17-7-10-2-1-3-11(10)9-18/h4-6,10-11,17-18H,1-3,7-9H2. The minimum atomic E-state index is -0.415. The van der Waals surface area contributed by atoms with E-state index in [-0.39, 0.29) is 12.4 Å². The number of rotatable bonds is 5. The maximum absolute atomic E-state index is 13.4. The Bertz CT molecular complexity index is 397. The maximum Gasteiger partial charge on any atom is 0.127 e. The Balaban J connectivity index is 1.83. The van der Waals surface area contributed by atoms with E-state index in [1.165, 1.54) is 6.07 Å². The van der Waals surface area contributed by atoms with E-state index < -0.39 is 5.82 Å². The van der Waals surface area contributed by atoms with Crippen LogP contribution in [0.1, 0.15) is 24.8 Å². The van der Waals surface area contributed by atoms with Gasteiger partial charge in [0.1, 0.15) is 11.6 Å². The summed E-state index contributed by atoms with van der Waals surface area (Å²) in [5.41, 5.74) is 0.355. The molecule has 1 aliphatic rings. The molecule has 0 amide bonds. The highest BCUT2D eigenvalue weighted by Crippen LogP contribution is 2.30. The van der Waals surface area contributed by atoms with E-state index in [4.69, 9.17) is 0 Å². The van der Waals surface area contributed by atoms with Crippen molar-refractivity contribution in [1.29, 1.82) is 0 Å². The fraction of sp³-hybridized carbons (Fsp3) is 0.571. The lowest BCUT2D eigenvalue weighted by Crippen LogP contribution is -2.26. The van der Waals surface area contributed by atoms with Crippen LogP contribution in [-0.2, 0) is 6.54 Å². The quantitative estimate of drug-likeness (QED) is 0.847. The third-order valence-electron chi connectivity index (χ3n) is 3.78. The molecule has 0 heterocycles. The van der Waals surface area contributed by atoms with Crippen LogP contribution in [0, 0.1) is 23.5 Å². The molecule has 2 unspecified atom stereocenters. The highest BCUT2D eigenvalue weighted by Gasteiger charge is 2.25. The zero-order chi connectivity index (χ0) is 13.0. The summed E-state index contributed by atoms with van der Waals surface area (Å²) in [6.07, 6.45) is 3.31. The van der Waals surface area contributed by atoms with Gasteiger partial charge in [-0.1, -0.05) is 6.42 Å². The van der Waals surface area contributed by atoms with Crippen LogP contribution < -0.4 is 5.32 Å². The van der Waals surface area contributed by atoms with Crippen molar-refractivity contribution in [2.75, 3.05) is 13.2 Å². The van der Waals surface area contributed by atoms with Gasteiger partial charge in [0.25, 0.3) is 0 Å². The van der Waals surface area contributed by atoms with E-state index in [1.54, 1.807) is 0 Å². The van der Waals surface area contributed by atoms with Crippen molar-refractivity contribution >= 4 is 0 Å². The minimum Gasteiger partial charge on any atom is -0.396 e. The summed E-state index contributed by atoms with van der Waals surface area (Å²) < 4.78 is 26.3. The molecule has 0 spiro atoms. The van der Waals surface area contributed by atoms with Crippen molar-refractivity contribution in [1.82, 2.24) is 5.32 Å². The number of hydrogen-bond donors (Lipinski definition) is 2. The van der Waals surface area contributed by atoms with Crippen molar-refractivity contribution in [3.05, 3.63) is 35.4 Å². The molecule has 2 nitrogen and oxygen atoms in total. The summed E-state index contributed by atoms with van der Waals surface area (Å²) in [5.74, 6) is 0.0119. The van der Waals surface area contributed by atoms with Crippen molar-refractivity contribution in [2.24, 2.45) is 11.8 Å². The molecule has 2 atom stereocenters. The van der Waals surface area contributed by atoms with E-state index in [0.29, 0.717) is 23.9 Å². The van der Waals surface area contributed by atoms with Gasteiger partial charge < -0.3 is 10.4 Å². The van der Waals surface area contributed by atoms with Crippen LogP contribution in [0.5, 0.6) is 0 Å². The third kappa shape index (κ3) is 3.27. The number of benzene rings is 1. The lowest BCUT2D eigenvalue weighted by atomic mass is 9.97. The van der Waals surface area contributed by atoms with E-state index in [1.807, 2.05) is 0 Å². The van der Waals surface area contributed by atoms with Gasteiger partial charge in [0.15, 0.2) is 0 Å². The third-order valence-corrected chi connectivity index (χ3v) is 3.78. The fourth-order valence-corrected chi connectivity index (χ4v) is 2.69. The molecule has 0 saturated heterocycles. The van der Waals surface area contributed by atoms with E-state index in [2.05, 4.69) is 5.32 Å². The number of nitrogens with one attached hydrogen (secondary N) is 1. The first-order chi connectivity index (χ1) is 8.70. The Hall–Kier alpha value is -1.00. The topological polar surface area (TPSA) is 32.3 Å². The predicted octanol–water partition coefficient (Wildman–Crippen LogP) is 2.46. The highest BCUT2D eigenvalue weighted by atomic mass is 19.1.